The summed E-state index contributed by atoms with van der Waals surface area (Å²) in [6.07, 6.45) is 2.74. The number of hydrogen-bond acceptors (Lipinski definition) is 5. The van der Waals surface area contributed by atoms with Crippen LogP contribution in [-0.4, -0.2) is 50.7 Å². The van der Waals surface area contributed by atoms with Crippen LogP contribution >= 0.6 is 0 Å². The van der Waals surface area contributed by atoms with Crippen molar-refractivity contribution in [2.75, 3.05) is 39.6 Å². The fourth-order valence-corrected chi connectivity index (χ4v) is 1.07. The fourth-order valence-electron chi connectivity index (χ4n) is 1.07. The minimum atomic E-state index is -0.342. The molecular formula is C11H22O5. The van der Waals surface area contributed by atoms with E-state index in [9.17, 15) is 4.79 Å². The van der Waals surface area contributed by atoms with Crippen LogP contribution in [0.4, 0.5) is 0 Å². The van der Waals surface area contributed by atoms with Gasteiger partial charge in [-0.3, -0.25) is 0 Å². The molecule has 0 fully saturated rings. The standard InChI is InChI=1S/C11H22O5/c1-2-16-11(13)10-15-9-8-14-7-5-3-4-6-12/h12H,2-10H2,1H3. The predicted octanol–water partition coefficient (Wildman–Crippen LogP) is 0.745. The highest BCUT2D eigenvalue weighted by molar-refractivity contribution is 5.70. The van der Waals surface area contributed by atoms with Crippen molar-refractivity contribution in [2.45, 2.75) is 26.2 Å². The summed E-state index contributed by atoms with van der Waals surface area (Å²) in [5, 5.41) is 8.53. The Labute approximate surface area is 96.7 Å². The summed E-state index contributed by atoms with van der Waals surface area (Å²) in [5.74, 6) is -0.342. The highest BCUT2D eigenvalue weighted by Gasteiger charge is 2.00. The van der Waals surface area contributed by atoms with Crippen molar-refractivity contribution in [1.82, 2.24) is 0 Å². The van der Waals surface area contributed by atoms with Crippen LogP contribution in [0.25, 0.3) is 0 Å². The number of aliphatic hydroxyl groups excluding tert-OH is 1. The largest absolute Gasteiger partial charge is 0.464 e. The monoisotopic (exact) mass is 234 g/mol. The summed E-state index contributed by atoms with van der Waals surface area (Å²) in [5.41, 5.74) is 0. The molecule has 0 aliphatic heterocycles. The van der Waals surface area contributed by atoms with Crippen molar-refractivity contribution in [3.05, 3.63) is 0 Å². The quantitative estimate of drug-likeness (QED) is 0.422. The van der Waals surface area contributed by atoms with Crippen LogP contribution < -0.4 is 0 Å². The molecule has 0 heterocycles. The molecule has 96 valence electrons. The molecule has 5 nitrogen and oxygen atoms in total. The first-order valence-electron chi connectivity index (χ1n) is 5.73. The first-order chi connectivity index (χ1) is 7.81. The van der Waals surface area contributed by atoms with Crippen LogP contribution in [0.5, 0.6) is 0 Å². The average Bonchev–Trinajstić information content (AvgIpc) is 2.27. The molecule has 0 aliphatic carbocycles. The second-order valence-corrected chi connectivity index (χ2v) is 3.25. The first kappa shape index (κ1) is 15.3. The number of hydrogen-bond donors (Lipinski definition) is 1. The summed E-state index contributed by atoms with van der Waals surface area (Å²) in [6.45, 7) is 3.92. The molecule has 0 aromatic carbocycles. The third-order valence-corrected chi connectivity index (χ3v) is 1.84. The van der Waals surface area contributed by atoms with Crippen molar-refractivity contribution >= 4 is 5.97 Å². The molecule has 0 rings (SSSR count). The van der Waals surface area contributed by atoms with Gasteiger partial charge in [0.05, 0.1) is 19.8 Å². The Hall–Kier alpha value is -0.650. The average molecular weight is 234 g/mol. The summed E-state index contributed by atoms with van der Waals surface area (Å²) in [4.78, 5) is 10.8. The summed E-state index contributed by atoms with van der Waals surface area (Å²) >= 11 is 0. The number of carbonyl (C=O) groups is 1. The Morgan fingerprint density at radius 3 is 2.50 bits per heavy atom. The topological polar surface area (TPSA) is 65.0 Å². The van der Waals surface area contributed by atoms with Gasteiger partial charge in [0.15, 0.2) is 0 Å². The number of ether oxygens (including phenoxy) is 3. The number of aliphatic hydroxyl groups is 1. The molecular weight excluding hydrogens is 212 g/mol. The zero-order chi connectivity index (χ0) is 12.1. The second-order valence-electron chi connectivity index (χ2n) is 3.25. The van der Waals surface area contributed by atoms with Gasteiger partial charge in [-0.2, -0.15) is 0 Å². The van der Waals surface area contributed by atoms with Crippen molar-refractivity contribution < 1.29 is 24.1 Å². The number of unbranched alkanes of at least 4 members (excludes halogenated alkanes) is 2. The Kier molecular flexibility index (Phi) is 11.9. The molecule has 0 spiro atoms. The third kappa shape index (κ3) is 11.4. The van der Waals surface area contributed by atoms with Crippen molar-refractivity contribution in [2.24, 2.45) is 0 Å². The molecule has 0 atom stereocenters. The predicted molar refractivity (Wildman–Crippen MR) is 59.2 cm³/mol. The Balaban J connectivity index is 3.01. The van der Waals surface area contributed by atoms with Gasteiger partial charge >= 0.3 is 5.97 Å². The lowest BCUT2D eigenvalue weighted by Gasteiger charge is -2.05. The summed E-state index contributed by atoms with van der Waals surface area (Å²) in [6, 6.07) is 0. The molecule has 0 aliphatic rings. The van der Waals surface area contributed by atoms with Gasteiger partial charge in [0.25, 0.3) is 0 Å². The Morgan fingerprint density at radius 2 is 1.81 bits per heavy atom. The van der Waals surface area contributed by atoms with E-state index in [1.807, 2.05) is 0 Å². The van der Waals surface area contributed by atoms with Crippen LogP contribution in [0, 0.1) is 0 Å². The normalized spacial score (nSPS) is 10.4. The molecule has 0 aromatic rings. The molecule has 5 heteroatoms. The first-order valence-corrected chi connectivity index (χ1v) is 5.73. The van der Waals surface area contributed by atoms with Crippen LogP contribution in [-0.2, 0) is 19.0 Å². The van der Waals surface area contributed by atoms with Gasteiger partial charge in [-0.05, 0) is 26.2 Å². The Morgan fingerprint density at radius 1 is 1.06 bits per heavy atom. The second kappa shape index (κ2) is 12.4. The van der Waals surface area contributed by atoms with E-state index in [-0.39, 0.29) is 19.2 Å². The van der Waals surface area contributed by atoms with Gasteiger partial charge in [-0.25, -0.2) is 4.79 Å². The van der Waals surface area contributed by atoms with E-state index in [0.29, 0.717) is 26.4 Å². The van der Waals surface area contributed by atoms with Crippen LogP contribution in [0.15, 0.2) is 0 Å². The molecule has 0 aromatic heterocycles. The van der Waals surface area contributed by atoms with E-state index >= 15 is 0 Å². The molecule has 16 heavy (non-hydrogen) atoms. The maximum atomic E-state index is 10.8. The van der Waals surface area contributed by atoms with Crippen LogP contribution in [0.3, 0.4) is 0 Å². The van der Waals surface area contributed by atoms with Gasteiger partial charge < -0.3 is 19.3 Å². The lowest BCUT2D eigenvalue weighted by molar-refractivity contribution is -0.148. The Bertz CT molecular complexity index is 160. The number of esters is 1. The van der Waals surface area contributed by atoms with E-state index in [2.05, 4.69) is 4.74 Å². The van der Waals surface area contributed by atoms with E-state index in [1.165, 1.54) is 0 Å². The molecule has 1 N–H and O–H groups in total. The number of rotatable bonds is 11. The van der Waals surface area contributed by atoms with Gasteiger partial charge in [0.2, 0.25) is 0 Å². The van der Waals surface area contributed by atoms with Crippen LogP contribution in [0.1, 0.15) is 26.2 Å². The van der Waals surface area contributed by atoms with Gasteiger partial charge in [-0.1, -0.05) is 0 Å². The van der Waals surface area contributed by atoms with Crippen molar-refractivity contribution in [1.29, 1.82) is 0 Å². The lowest BCUT2D eigenvalue weighted by Crippen LogP contribution is -2.15. The minimum Gasteiger partial charge on any atom is -0.464 e. The van der Waals surface area contributed by atoms with E-state index in [0.717, 1.165) is 19.3 Å². The fraction of sp³-hybridized carbons (Fsp3) is 0.909. The highest BCUT2D eigenvalue weighted by atomic mass is 16.6. The maximum absolute atomic E-state index is 10.8. The van der Waals surface area contributed by atoms with E-state index < -0.39 is 0 Å². The summed E-state index contributed by atoms with van der Waals surface area (Å²) in [7, 11) is 0. The maximum Gasteiger partial charge on any atom is 0.332 e. The van der Waals surface area contributed by atoms with E-state index in [1.54, 1.807) is 6.92 Å². The van der Waals surface area contributed by atoms with Gasteiger partial charge in [-0.15, -0.1) is 0 Å². The lowest BCUT2D eigenvalue weighted by atomic mass is 10.2. The molecule has 0 unspecified atom stereocenters. The molecule has 0 radical (unpaired) electrons. The van der Waals surface area contributed by atoms with Gasteiger partial charge in [0, 0.05) is 13.2 Å². The molecule has 0 amide bonds. The van der Waals surface area contributed by atoms with E-state index in [4.69, 9.17) is 14.6 Å². The number of carbonyl (C=O) groups excluding carboxylic acids is 1. The van der Waals surface area contributed by atoms with Crippen molar-refractivity contribution in [3.8, 4) is 0 Å². The van der Waals surface area contributed by atoms with Gasteiger partial charge in [0.1, 0.15) is 6.61 Å². The SMILES string of the molecule is CCOC(=O)COCCOCCCCCO. The zero-order valence-electron chi connectivity index (χ0n) is 9.94. The highest BCUT2D eigenvalue weighted by Crippen LogP contribution is 1.94. The van der Waals surface area contributed by atoms with Crippen molar-refractivity contribution in [3.63, 3.8) is 0 Å². The zero-order valence-corrected chi connectivity index (χ0v) is 9.94. The van der Waals surface area contributed by atoms with Crippen LogP contribution in [0.2, 0.25) is 0 Å². The molecule has 0 saturated carbocycles. The smallest absolute Gasteiger partial charge is 0.332 e. The summed E-state index contributed by atoms with van der Waals surface area (Å²) < 4.78 is 15.0. The minimum absolute atomic E-state index is 0.0122. The molecule has 0 bridgehead atoms. The molecule has 0 saturated heterocycles. The third-order valence-electron chi connectivity index (χ3n) is 1.84.